The molecule has 2 N–H and O–H groups in total. The number of hydrazine groups is 1. The Labute approximate surface area is 188 Å². The second kappa shape index (κ2) is 9.38. The first-order chi connectivity index (χ1) is 14.7. The van der Waals surface area contributed by atoms with E-state index in [-0.39, 0.29) is 13.1 Å². The topological polar surface area (TPSA) is 133 Å². The molecule has 2 atom stereocenters. The number of nitrogens with zero attached hydrogens (tertiary/aromatic N) is 2. The summed E-state index contributed by atoms with van der Waals surface area (Å²) in [7, 11) is 0. The zero-order valence-electron chi connectivity index (χ0n) is 19.7. The van der Waals surface area contributed by atoms with Crippen LogP contribution in [-0.2, 0) is 28.8 Å². The van der Waals surface area contributed by atoms with E-state index in [1.807, 2.05) is 0 Å². The van der Waals surface area contributed by atoms with Crippen molar-refractivity contribution in [3.05, 3.63) is 0 Å². The Bertz CT molecular complexity index is 755. The average Bonchev–Trinajstić information content (AvgIpc) is 3.37. The highest BCUT2D eigenvalue weighted by Crippen LogP contribution is 2.24. The second-order valence-corrected chi connectivity index (χ2v) is 10.4. The van der Waals surface area contributed by atoms with E-state index in [1.165, 1.54) is 9.80 Å². The molecule has 0 saturated carbocycles. The molecule has 0 aromatic heterocycles. The van der Waals surface area contributed by atoms with Crippen LogP contribution in [0.1, 0.15) is 67.2 Å². The summed E-state index contributed by atoms with van der Waals surface area (Å²) in [6.07, 6.45) is 1.88. The van der Waals surface area contributed by atoms with Gasteiger partial charge < -0.3 is 9.80 Å². The van der Waals surface area contributed by atoms with Gasteiger partial charge in [-0.3, -0.25) is 39.6 Å². The van der Waals surface area contributed by atoms with Gasteiger partial charge in [-0.25, -0.2) is 0 Å². The van der Waals surface area contributed by atoms with Gasteiger partial charge in [-0.15, -0.1) is 0 Å². The van der Waals surface area contributed by atoms with E-state index in [0.717, 1.165) is 0 Å². The Morgan fingerprint density at radius 2 is 0.938 bits per heavy atom. The minimum atomic E-state index is -0.863. The second-order valence-electron chi connectivity index (χ2n) is 10.4. The first kappa shape index (κ1) is 25.5. The van der Waals surface area contributed by atoms with E-state index in [0.29, 0.717) is 25.7 Å². The number of rotatable bonds is 4. The monoisotopic (exact) mass is 450 g/mol. The summed E-state index contributed by atoms with van der Waals surface area (Å²) >= 11 is 0. The molecule has 2 aliphatic rings. The zero-order chi connectivity index (χ0) is 24.4. The molecule has 178 valence electrons. The average molecular weight is 451 g/mol. The fourth-order valence-electron chi connectivity index (χ4n) is 3.76. The van der Waals surface area contributed by atoms with E-state index in [1.54, 1.807) is 41.5 Å². The largest absolute Gasteiger partial charge is 0.324 e. The third-order valence-electron chi connectivity index (χ3n) is 5.69. The lowest BCUT2D eigenvalue weighted by Gasteiger charge is -2.28. The fourth-order valence-corrected chi connectivity index (χ4v) is 3.76. The molecule has 0 unspecified atom stereocenters. The number of hydrogen-bond acceptors (Lipinski definition) is 6. The molecule has 2 heterocycles. The molecule has 2 fully saturated rings. The normalized spacial score (nSPS) is 21.3. The highest BCUT2D eigenvalue weighted by molar-refractivity contribution is 6.38. The van der Waals surface area contributed by atoms with Crippen LogP contribution in [0.3, 0.4) is 0 Å². The Balaban J connectivity index is 1.99. The van der Waals surface area contributed by atoms with Crippen LogP contribution in [0.2, 0.25) is 0 Å². The van der Waals surface area contributed by atoms with Crippen molar-refractivity contribution in [1.29, 1.82) is 0 Å². The van der Waals surface area contributed by atoms with Crippen molar-refractivity contribution in [3.63, 3.8) is 0 Å². The lowest BCUT2D eigenvalue weighted by Crippen LogP contribution is -2.57. The van der Waals surface area contributed by atoms with Crippen LogP contribution in [-0.4, -0.2) is 70.2 Å². The molecular weight excluding hydrogens is 416 g/mol. The molecule has 2 rings (SSSR count). The summed E-state index contributed by atoms with van der Waals surface area (Å²) in [5.41, 5.74) is 2.91. The van der Waals surface area contributed by atoms with Crippen LogP contribution in [0.25, 0.3) is 0 Å². The molecular formula is C22H34N4O6. The van der Waals surface area contributed by atoms with Crippen molar-refractivity contribution in [2.24, 2.45) is 10.8 Å². The smallest absolute Gasteiger partial charge is 0.291 e. The Hall–Kier alpha value is -2.78. The third-order valence-corrected chi connectivity index (χ3v) is 5.69. The first-order valence-electron chi connectivity index (χ1n) is 11.0. The van der Waals surface area contributed by atoms with E-state index < -0.39 is 58.1 Å². The van der Waals surface area contributed by atoms with Crippen LogP contribution in [0.5, 0.6) is 0 Å². The van der Waals surface area contributed by atoms with Gasteiger partial charge in [0.2, 0.25) is 11.6 Å². The van der Waals surface area contributed by atoms with Gasteiger partial charge in [-0.05, 0) is 25.7 Å². The van der Waals surface area contributed by atoms with Crippen molar-refractivity contribution < 1.29 is 28.8 Å². The number of likely N-dealkylation sites (tertiary alicyclic amines) is 2. The maximum atomic E-state index is 12.6. The predicted molar refractivity (Wildman–Crippen MR) is 115 cm³/mol. The van der Waals surface area contributed by atoms with E-state index in [2.05, 4.69) is 10.9 Å². The highest BCUT2D eigenvalue weighted by atomic mass is 16.2. The zero-order valence-corrected chi connectivity index (χ0v) is 19.7. The highest BCUT2D eigenvalue weighted by Gasteiger charge is 2.42. The Morgan fingerprint density at radius 1 is 0.625 bits per heavy atom. The summed E-state index contributed by atoms with van der Waals surface area (Å²) < 4.78 is 0. The van der Waals surface area contributed by atoms with Crippen LogP contribution >= 0.6 is 0 Å². The molecule has 0 spiro atoms. The molecule has 0 aromatic carbocycles. The summed E-state index contributed by atoms with van der Waals surface area (Å²) in [6, 6.07) is -1.73. The standard InChI is InChI=1S/C22H34N4O6/c1-21(2,3)15(27)19(31)25-11-7-9-13(25)17(29)23-24-18(30)14-10-8-12-26(14)20(32)16(28)22(4,5)6/h13-14H,7-12H2,1-6H3,(H,23,29)(H,24,30)/t13-,14-/m0/s1. The maximum Gasteiger partial charge on any atom is 0.291 e. The molecule has 10 heteroatoms. The number of ketones is 2. The van der Waals surface area contributed by atoms with Crippen LogP contribution in [0.15, 0.2) is 0 Å². The third kappa shape index (κ3) is 5.52. The van der Waals surface area contributed by atoms with E-state index in [4.69, 9.17) is 0 Å². The van der Waals surface area contributed by atoms with E-state index in [9.17, 15) is 28.8 Å². The molecule has 2 saturated heterocycles. The number of Topliss-reactive ketones (excluding diaryl/α,β-unsaturated/α-hetero) is 2. The molecule has 0 bridgehead atoms. The number of nitrogens with one attached hydrogen (secondary N) is 2. The number of hydrogen-bond donors (Lipinski definition) is 2. The van der Waals surface area contributed by atoms with Crippen LogP contribution in [0.4, 0.5) is 0 Å². The molecule has 0 radical (unpaired) electrons. The van der Waals surface area contributed by atoms with Gasteiger partial charge in [0.25, 0.3) is 23.6 Å². The Kier molecular flexibility index (Phi) is 7.47. The van der Waals surface area contributed by atoms with Gasteiger partial charge in [-0.2, -0.15) is 0 Å². The van der Waals surface area contributed by atoms with Crippen molar-refractivity contribution in [2.75, 3.05) is 13.1 Å². The fraction of sp³-hybridized carbons (Fsp3) is 0.727. The lowest BCUT2D eigenvalue weighted by atomic mass is 9.90. The SMILES string of the molecule is CC(C)(C)C(=O)C(=O)N1CCC[C@H]1C(=O)NNC(=O)[C@@H]1CCCN1C(=O)C(=O)C(C)(C)C. The molecule has 0 aliphatic carbocycles. The van der Waals surface area contributed by atoms with Gasteiger partial charge in [-0.1, -0.05) is 41.5 Å². The van der Waals surface area contributed by atoms with Crippen molar-refractivity contribution in [3.8, 4) is 0 Å². The van der Waals surface area contributed by atoms with Gasteiger partial charge in [0.05, 0.1) is 0 Å². The van der Waals surface area contributed by atoms with Gasteiger partial charge in [0.1, 0.15) is 12.1 Å². The predicted octanol–water partition coefficient (Wildman–Crippen LogP) is 0.346. The summed E-state index contributed by atoms with van der Waals surface area (Å²) in [5, 5.41) is 0. The van der Waals surface area contributed by atoms with Gasteiger partial charge in [0, 0.05) is 23.9 Å². The maximum absolute atomic E-state index is 12.6. The molecule has 2 aliphatic heterocycles. The molecule has 10 nitrogen and oxygen atoms in total. The number of carbonyl (C=O) groups excluding carboxylic acids is 6. The molecule has 32 heavy (non-hydrogen) atoms. The van der Waals surface area contributed by atoms with Gasteiger partial charge >= 0.3 is 0 Å². The minimum Gasteiger partial charge on any atom is -0.324 e. The number of carbonyl (C=O) groups is 6. The molecule has 0 aromatic rings. The summed E-state index contributed by atoms with van der Waals surface area (Å²) in [4.78, 5) is 77.5. The van der Waals surface area contributed by atoms with Crippen molar-refractivity contribution in [2.45, 2.75) is 79.3 Å². The first-order valence-corrected chi connectivity index (χ1v) is 11.0. The van der Waals surface area contributed by atoms with Gasteiger partial charge in [0.15, 0.2) is 0 Å². The number of amides is 4. The minimum absolute atomic E-state index is 0.284. The lowest BCUT2D eigenvalue weighted by molar-refractivity contribution is -0.152. The van der Waals surface area contributed by atoms with Crippen molar-refractivity contribution in [1.82, 2.24) is 20.7 Å². The summed E-state index contributed by atoms with van der Waals surface area (Å²) in [5.74, 6) is -3.79. The quantitative estimate of drug-likeness (QED) is 0.469. The molecule has 4 amide bonds. The van der Waals surface area contributed by atoms with Crippen LogP contribution in [0, 0.1) is 10.8 Å². The van der Waals surface area contributed by atoms with Crippen LogP contribution < -0.4 is 10.9 Å². The summed E-state index contributed by atoms with van der Waals surface area (Å²) in [6.45, 7) is 10.4. The van der Waals surface area contributed by atoms with Crippen molar-refractivity contribution >= 4 is 35.2 Å². The van der Waals surface area contributed by atoms with E-state index >= 15 is 0 Å². The Morgan fingerprint density at radius 3 is 1.22 bits per heavy atom.